The number of aromatic nitrogens is 1. The van der Waals surface area contributed by atoms with Crippen LogP contribution in [0.2, 0.25) is 0 Å². The summed E-state index contributed by atoms with van der Waals surface area (Å²) in [6.07, 6.45) is 1.29. The van der Waals surface area contributed by atoms with E-state index in [0.29, 0.717) is 5.13 Å². The monoisotopic (exact) mass is 490 g/mol. The first kappa shape index (κ1) is 23.9. The standard InChI is InChI=1S/C27H26N2O3S2/c30-26(12-7-17-34(31,32)20-23-10-5-2-6-11-23)29-27-28-25(19-33-27)24-15-13-22(14-16-24)18-21-8-3-1-4-9-21/h1-6,8-11,13-16,19H,7,12,17-18,20H2,(H,28,29,30). The molecule has 0 atom stereocenters. The van der Waals surface area contributed by atoms with E-state index in [4.69, 9.17) is 0 Å². The lowest BCUT2D eigenvalue weighted by Gasteiger charge is -2.05. The molecule has 4 rings (SSSR count). The van der Waals surface area contributed by atoms with E-state index in [1.54, 1.807) is 12.1 Å². The van der Waals surface area contributed by atoms with Crippen molar-refractivity contribution >= 4 is 32.2 Å². The molecule has 5 nitrogen and oxygen atoms in total. The number of thiazole rings is 1. The molecule has 0 radical (unpaired) electrons. The van der Waals surface area contributed by atoms with E-state index in [0.717, 1.165) is 23.2 Å². The third kappa shape index (κ3) is 7.10. The second kappa shape index (κ2) is 11.2. The highest BCUT2D eigenvalue weighted by molar-refractivity contribution is 7.90. The number of benzene rings is 3. The van der Waals surface area contributed by atoms with Crippen molar-refractivity contribution in [3.8, 4) is 11.3 Å². The molecule has 1 heterocycles. The first-order valence-electron chi connectivity index (χ1n) is 11.1. The molecule has 34 heavy (non-hydrogen) atoms. The molecule has 0 aliphatic heterocycles. The maximum absolute atomic E-state index is 12.3. The van der Waals surface area contributed by atoms with Crippen LogP contribution in [0.15, 0.2) is 90.3 Å². The lowest BCUT2D eigenvalue weighted by Crippen LogP contribution is -2.15. The molecule has 0 fully saturated rings. The summed E-state index contributed by atoms with van der Waals surface area (Å²) in [6.45, 7) is 0. The van der Waals surface area contributed by atoms with Crippen molar-refractivity contribution in [3.05, 3.63) is 107 Å². The number of carbonyl (C=O) groups excluding carboxylic acids is 1. The van der Waals surface area contributed by atoms with Crippen molar-refractivity contribution in [2.45, 2.75) is 25.0 Å². The molecule has 0 saturated heterocycles. The Morgan fingerprint density at radius 1 is 0.824 bits per heavy atom. The zero-order valence-electron chi connectivity index (χ0n) is 18.7. The largest absolute Gasteiger partial charge is 0.302 e. The molecule has 4 aromatic rings. The summed E-state index contributed by atoms with van der Waals surface area (Å²) in [5, 5.41) is 5.21. The van der Waals surface area contributed by atoms with Crippen LogP contribution in [0.3, 0.4) is 0 Å². The SMILES string of the molecule is O=C(CCCS(=O)(=O)Cc1ccccc1)Nc1nc(-c2ccc(Cc3ccccc3)cc2)cs1. The predicted molar refractivity (Wildman–Crippen MR) is 139 cm³/mol. The Kier molecular flexibility index (Phi) is 7.87. The summed E-state index contributed by atoms with van der Waals surface area (Å²) in [5.41, 5.74) is 5.04. The lowest BCUT2D eigenvalue weighted by molar-refractivity contribution is -0.116. The van der Waals surface area contributed by atoms with Gasteiger partial charge in [0.25, 0.3) is 0 Å². The molecule has 1 N–H and O–H groups in total. The fourth-order valence-corrected chi connectivity index (χ4v) is 5.79. The zero-order chi connectivity index (χ0) is 23.8. The van der Waals surface area contributed by atoms with Crippen LogP contribution in [0.5, 0.6) is 0 Å². The van der Waals surface area contributed by atoms with Crippen molar-refractivity contribution in [3.63, 3.8) is 0 Å². The van der Waals surface area contributed by atoms with Crippen LogP contribution in [-0.4, -0.2) is 25.1 Å². The van der Waals surface area contributed by atoms with E-state index in [9.17, 15) is 13.2 Å². The summed E-state index contributed by atoms with van der Waals surface area (Å²) >= 11 is 1.36. The molecular weight excluding hydrogens is 464 g/mol. The predicted octanol–water partition coefficient (Wildman–Crippen LogP) is 5.73. The van der Waals surface area contributed by atoms with E-state index in [-0.39, 0.29) is 30.3 Å². The first-order valence-corrected chi connectivity index (χ1v) is 13.8. The first-order chi connectivity index (χ1) is 16.5. The van der Waals surface area contributed by atoms with Gasteiger partial charge in [-0.05, 0) is 29.5 Å². The van der Waals surface area contributed by atoms with Crippen LogP contribution >= 0.6 is 11.3 Å². The number of anilines is 1. The van der Waals surface area contributed by atoms with E-state index < -0.39 is 9.84 Å². The van der Waals surface area contributed by atoms with Crippen LogP contribution in [0.4, 0.5) is 5.13 Å². The normalized spacial score (nSPS) is 11.3. The fraction of sp³-hybridized carbons (Fsp3) is 0.185. The topological polar surface area (TPSA) is 76.1 Å². The maximum atomic E-state index is 12.3. The van der Waals surface area contributed by atoms with Gasteiger partial charge in [0.2, 0.25) is 5.91 Å². The molecule has 1 aromatic heterocycles. The van der Waals surface area contributed by atoms with E-state index in [1.807, 2.05) is 53.9 Å². The summed E-state index contributed by atoms with van der Waals surface area (Å²) in [4.78, 5) is 16.8. The van der Waals surface area contributed by atoms with Crippen molar-refractivity contribution in [2.75, 3.05) is 11.1 Å². The number of nitrogens with one attached hydrogen (secondary N) is 1. The highest BCUT2D eigenvalue weighted by atomic mass is 32.2. The maximum Gasteiger partial charge on any atom is 0.226 e. The Bertz CT molecular complexity index is 1320. The Hall–Kier alpha value is -3.29. The Labute approximate surface area is 204 Å². The van der Waals surface area contributed by atoms with Gasteiger partial charge in [0.15, 0.2) is 15.0 Å². The van der Waals surface area contributed by atoms with E-state index >= 15 is 0 Å². The summed E-state index contributed by atoms with van der Waals surface area (Å²) in [7, 11) is -3.25. The lowest BCUT2D eigenvalue weighted by atomic mass is 10.0. The molecular formula is C27H26N2O3S2. The van der Waals surface area contributed by atoms with Crippen LogP contribution in [0.25, 0.3) is 11.3 Å². The van der Waals surface area contributed by atoms with Gasteiger partial charge in [-0.15, -0.1) is 11.3 Å². The van der Waals surface area contributed by atoms with Gasteiger partial charge in [0.05, 0.1) is 17.2 Å². The Morgan fingerprint density at radius 3 is 2.12 bits per heavy atom. The quantitative estimate of drug-likeness (QED) is 0.308. The van der Waals surface area contributed by atoms with Crippen molar-refractivity contribution in [2.24, 2.45) is 0 Å². The van der Waals surface area contributed by atoms with Gasteiger partial charge in [0, 0.05) is 17.4 Å². The number of rotatable bonds is 10. The molecule has 174 valence electrons. The van der Waals surface area contributed by atoms with Gasteiger partial charge >= 0.3 is 0 Å². The fourth-order valence-electron chi connectivity index (χ4n) is 3.62. The summed E-state index contributed by atoms with van der Waals surface area (Å²) in [5.74, 6) is -0.252. The molecule has 3 aromatic carbocycles. The summed E-state index contributed by atoms with van der Waals surface area (Å²) in [6, 6.07) is 27.7. The molecule has 7 heteroatoms. The minimum absolute atomic E-state index is 0.00453. The summed E-state index contributed by atoms with van der Waals surface area (Å²) < 4.78 is 24.6. The molecule has 0 unspecified atom stereocenters. The Morgan fingerprint density at radius 2 is 1.44 bits per heavy atom. The van der Waals surface area contributed by atoms with Gasteiger partial charge in [-0.25, -0.2) is 13.4 Å². The van der Waals surface area contributed by atoms with Gasteiger partial charge in [-0.2, -0.15) is 0 Å². The highest BCUT2D eigenvalue weighted by Gasteiger charge is 2.14. The van der Waals surface area contributed by atoms with Crippen LogP contribution in [-0.2, 0) is 26.8 Å². The Balaban J connectivity index is 1.26. The molecule has 0 bridgehead atoms. The molecule has 0 saturated carbocycles. The number of nitrogens with zero attached hydrogens (tertiary/aromatic N) is 1. The number of hydrogen-bond donors (Lipinski definition) is 1. The van der Waals surface area contributed by atoms with Gasteiger partial charge < -0.3 is 5.32 Å². The average Bonchev–Trinajstić information content (AvgIpc) is 3.29. The molecule has 0 aliphatic rings. The van der Waals surface area contributed by atoms with E-state index in [1.165, 1.54) is 22.5 Å². The number of hydrogen-bond acceptors (Lipinski definition) is 5. The number of amides is 1. The second-order valence-electron chi connectivity index (χ2n) is 8.13. The zero-order valence-corrected chi connectivity index (χ0v) is 20.3. The van der Waals surface area contributed by atoms with E-state index in [2.05, 4.69) is 34.6 Å². The molecule has 0 spiro atoms. The van der Waals surface area contributed by atoms with Crippen LogP contribution in [0.1, 0.15) is 29.5 Å². The van der Waals surface area contributed by atoms with Crippen molar-refractivity contribution in [1.29, 1.82) is 0 Å². The van der Waals surface area contributed by atoms with Gasteiger partial charge in [-0.3, -0.25) is 4.79 Å². The van der Waals surface area contributed by atoms with Crippen molar-refractivity contribution in [1.82, 2.24) is 4.98 Å². The third-order valence-electron chi connectivity index (χ3n) is 5.34. The average molecular weight is 491 g/mol. The number of sulfone groups is 1. The smallest absolute Gasteiger partial charge is 0.226 e. The minimum Gasteiger partial charge on any atom is -0.302 e. The molecule has 1 amide bonds. The van der Waals surface area contributed by atoms with Crippen LogP contribution in [0, 0.1) is 0 Å². The molecule has 0 aliphatic carbocycles. The van der Waals surface area contributed by atoms with Gasteiger partial charge in [-0.1, -0.05) is 84.9 Å². The van der Waals surface area contributed by atoms with Crippen LogP contribution < -0.4 is 5.32 Å². The minimum atomic E-state index is -3.25. The highest BCUT2D eigenvalue weighted by Crippen LogP contribution is 2.26. The second-order valence-corrected chi connectivity index (χ2v) is 11.2. The number of carbonyl (C=O) groups is 1. The van der Waals surface area contributed by atoms with Gasteiger partial charge in [0.1, 0.15) is 0 Å². The third-order valence-corrected chi connectivity index (χ3v) is 7.78. The van der Waals surface area contributed by atoms with Crippen molar-refractivity contribution < 1.29 is 13.2 Å².